The van der Waals surface area contributed by atoms with Gasteiger partial charge in [-0.2, -0.15) is 0 Å². The van der Waals surface area contributed by atoms with Crippen molar-refractivity contribution < 1.29 is 0 Å². The Morgan fingerprint density at radius 1 is 0.576 bits per heavy atom. The molecule has 0 heteroatoms. The second-order valence-corrected chi connectivity index (χ2v) is 11.0. The predicted molar refractivity (Wildman–Crippen MR) is 150 cm³/mol. The maximum absolute atomic E-state index is 2.32. The Morgan fingerprint density at radius 3 is 1.58 bits per heavy atom. The van der Waals surface area contributed by atoms with Gasteiger partial charge in [0.25, 0.3) is 0 Å². The molecule has 1 unspecified atom stereocenters. The topological polar surface area (TPSA) is 0 Å². The summed E-state index contributed by atoms with van der Waals surface area (Å²) in [6, 6.07) is 30.5. The summed E-state index contributed by atoms with van der Waals surface area (Å²) in [6.45, 7) is 20.1. The Kier molecular flexibility index (Phi) is 9.29. The van der Waals surface area contributed by atoms with Crippen LogP contribution in [0.4, 0.5) is 0 Å². The average Bonchev–Trinajstić information content (AvgIpc) is 2.79. The lowest BCUT2D eigenvalue weighted by molar-refractivity contribution is 0.341. The van der Waals surface area contributed by atoms with Gasteiger partial charge < -0.3 is 0 Å². The van der Waals surface area contributed by atoms with Gasteiger partial charge in [0, 0.05) is 0 Å². The van der Waals surface area contributed by atoms with Gasteiger partial charge in [-0.15, -0.1) is 0 Å². The van der Waals surface area contributed by atoms with E-state index >= 15 is 0 Å². The highest BCUT2D eigenvalue weighted by Crippen LogP contribution is 2.37. The summed E-state index contributed by atoms with van der Waals surface area (Å²) in [7, 11) is 0. The fourth-order valence-electron chi connectivity index (χ4n) is 4.11. The highest BCUT2D eigenvalue weighted by molar-refractivity contribution is 5.86. The molecule has 0 bridgehead atoms. The third-order valence-corrected chi connectivity index (χ3v) is 6.19. The molecule has 0 aromatic heterocycles. The van der Waals surface area contributed by atoms with E-state index in [0.717, 1.165) is 6.42 Å². The first-order valence-electron chi connectivity index (χ1n) is 12.5. The molecule has 33 heavy (non-hydrogen) atoms. The van der Waals surface area contributed by atoms with Crippen molar-refractivity contribution in [1.29, 1.82) is 0 Å². The molecular formula is C33H44. The van der Waals surface area contributed by atoms with Crippen LogP contribution in [-0.2, 0) is 6.42 Å². The van der Waals surface area contributed by atoms with Gasteiger partial charge >= 0.3 is 0 Å². The van der Waals surface area contributed by atoms with Gasteiger partial charge in [0.2, 0.25) is 0 Å². The van der Waals surface area contributed by atoms with E-state index in [1.165, 1.54) is 32.7 Å². The monoisotopic (exact) mass is 440 g/mol. The van der Waals surface area contributed by atoms with Gasteiger partial charge in [0.1, 0.15) is 0 Å². The third-order valence-electron chi connectivity index (χ3n) is 6.19. The largest absolute Gasteiger partial charge is 0.0683 e. The second-order valence-electron chi connectivity index (χ2n) is 11.0. The molecule has 4 aromatic carbocycles. The van der Waals surface area contributed by atoms with Crippen molar-refractivity contribution in [2.24, 2.45) is 10.8 Å². The van der Waals surface area contributed by atoms with Gasteiger partial charge in [0.05, 0.1) is 0 Å². The van der Waals surface area contributed by atoms with Gasteiger partial charge in [-0.1, -0.05) is 147 Å². The zero-order chi connectivity index (χ0) is 24.6. The Balaban J connectivity index is 0.000000218. The van der Waals surface area contributed by atoms with E-state index in [0.29, 0.717) is 16.7 Å². The van der Waals surface area contributed by atoms with Crippen LogP contribution in [0, 0.1) is 10.8 Å². The smallest absolute Gasteiger partial charge is 0.0135 e. The van der Waals surface area contributed by atoms with E-state index in [2.05, 4.69) is 133 Å². The first kappa shape index (κ1) is 26.7. The molecule has 0 saturated carbocycles. The SMILES string of the molecule is CC.CC(C)(C)Cc1cccc2ccccc12.CC(c1cccc2ccccc12)C(C)(C)C. The summed E-state index contributed by atoms with van der Waals surface area (Å²) in [5, 5.41) is 5.48. The molecule has 0 radical (unpaired) electrons. The van der Waals surface area contributed by atoms with Crippen molar-refractivity contribution in [2.75, 3.05) is 0 Å². The van der Waals surface area contributed by atoms with E-state index in [-0.39, 0.29) is 0 Å². The number of rotatable bonds is 2. The molecule has 0 heterocycles. The minimum Gasteiger partial charge on any atom is -0.0683 e. The summed E-state index contributed by atoms with van der Waals surface area (Å²) in [4.78, 5) is 0. The molecule has 1 atom stereocenters. The van der Waals surface area contributed by atoms with Gasteiger partial charge in [-0.3, -0.25) is 0 Å². The van der Waals surface area contributed by atoms with Crippen LogP contribution >= 0.6 is 0 Å². The van der Waals surface area contributed by atoms with Crippen molar-refractivity contribution in [3.05, 3.63) is 96.1 Å². The van der Waals surface area contributed by atoms with E-state index in [1.54, 1.807) is 0 Å². The lowest BCUT2D eigenvalue weighted by Crippen LogP contribution is -2.15. The number of fused-ring (bicyclic) bond motifs is 2. The van der Waals surface area contributed by atoms with Crippen molar-refractivity contribution in [1.82, 2.24) is 0 Å². The van der Waals surface area contributed by atoms with E-state index in [9.17, 15) is 0 Å². The van der Waals surface area contributed by atoms with Gasteiger partial charge in [0.15, 0.2) is 0 Å². The summed E-state index contributed by atoms with van der Waals surface area (Å²) < 4.78 is 0. The van der Waals surface area contributed by atoms with E-state index < -0.39 is 0 Å². The number of hydrogen-bond acceptors (Lipinski definition) is 0. The van der Waals surface area contributed by atoms with Crippen molar-refractivity contribution >= 4 is 21.5 Å². The fourth-order valence-corrected chi connectivity index (χ4v) is 4.11. The lowest BCUT2D eigenvalue weighted by atomic mass is 9.76. The molecule has 0 aliphatic heterocycles. The Labute approximate surface area is 203 Å². The van der Waals surface area contributed by atoms with Crippen LogP contribution in [-0.4, -0.2) is 0 Å². The summed E-state index contributed by atoms with van der Waals surface area (Å²) in [5.41, 5.74) is 3.58. The highest BCUT2D eigenvalue weighted by atomic mass is 14.3. The van der Waals surface area contributed by atoms with Crippen LogP contribution in [0.2, 0.25) is 0 Å². The molecule has 0 N–H and O–H groups in total. The van der Waals surface area contributed by atoms with E-state index in [1.807, 2.05) is 13.8 Å². The predicted octanol–water partition coefficient (Wildman–Crippen LogP) is 10.4. The fraction of sp³-hybridized carbons (Fsp3) is 0.394. The number of benzene rings is 4. The third kappa shape index (κ3) is 7.46. The highest BCUT2D eigenvalue weighted by Gasteiger charge is 2.22. The molecule has 0 spiro atoms. The van der Waals surface area contributed by atoms with Crippen molar-refractivity contribution in [3.63, 3.8) is 0 Å². The zero-order valence-electron chi connectivity index (χ0n) is 22.4. The average molecular weight is 441 g/mol. The van der Waals surface area contributed by atoms with Crippen LogP contribution < -0.4 is 0 Å². The summed E-state index contributed by atoms with van der Waals surface area (Å²) in [5.74, 6) is 0.568. The van der Waals surface area contributed by atoms with Crippen LogP contribution in [0.1, 0.15) is 79.4 Å². The summed E-state index contributed by atoms with van der Waals surface area (Å²) >= 11 is 0. The zero-order valence-corrected chi connectivity index (χ0v) is 22.4. The molecular weight excluding hydrogens is 396 g/mol. The molecule has 0 nitrogen and oxygen atoms in total. The van der Waals surface area contributed by atoms with Crippen LogP contribution in [0.15, 0.2) is 84.9 Å². The van der Waals surface area contributed by atoms with Crippen LogP contribution in [0.3, 0.4) is 0 Å². The first-order valence-corrected chi connectivity index (χ1v) is 12.5. The maximum Gasteiger partial charge on any atom is -0.0135 e. The quantitative estimate of drug-likeness (QED) is 0.291. The van der Waals surface area contributed by atoms with Crippen LogP contribution in [0.25, 0.3) is 21.5 Å². The second kappa shape index (κ2) is 11.5. The Morgan fingerprint density at radius 2 is 1.03 bits per heavy atom. The molecule has 0 amide bonds. The van der Waals surface area contributed by atoms with Crippen molar-refractivity contribution in [2.45, 2.75) is 74.7 Å². The van der Waals surface area contributed by atoms with Gasteiger partial charge in [-0.05, 0) is 55.8 Å². The lowest BCUT2D eigenvalue weighted by Gasteiger charge is -2.28. The van der Waals surface area contributed by atoms with Crippen molar-refractivity contribution in [3.8, 4) is 0 Å². The van der Waals surface area contributed by atoms with Gasteiger partial charge in [-0.25, -0.2) is 0 Å². The normalized spacial score (nSPS) is 12.4. The minimum atomic E-state index is 0.310. The standard InChI is InChI=1S/C16H20.C15H18.C2H6/c1-12(16(2,3)4)14-11-7-9-13-8-5-6-10-15(13)14;1-15(2,3)11-13-9-6-8-12-7-4-5-10-14(12)13;1-2/h5-12H,1-4H3;4-10H,11H2,1-3H3;1-2H3. The molecule has 0 aliphatic rings. The first-order chi connectivity index (χ1) is 15.6. The minimum absolute atomic E-state index is 0.310. The molecule has 4 aromatic rings. The molecule has 176 valence electrons. The summed E-state index contributed by atoms with van der Waals surface area (Å²) in [6.07, 6.45) is 1.13. The Hall–Kier alpha value is -2.60. The maximum atomic E-state index is 2.32. The van der Waals surface area contributed by atoms with Crippen LogP contribution in [0.5, 0.6) is 0 Å². The van der Waals surface area contributed by atoms with E-state index in [4.69, 9.17) is 0 Å². The molecule has 0 aliphatic carbocycles. The number of hydrogen-bond donors (Lipinski definition) is 0. The molecule has 0 saturated heterocycles. The Bertz CT molecular complexity index is 1130. The molecule has 4 rings (SSSR count). The molecule has 0 fully saturated rings.